The minimum atomic E-state index is -0.444. The second kappa shape index (κ2) is 15.2. The zero-order valence-corrected chi connectivity index (χ0v) is 31.6. The van der Waals surface area contributed by atoms with Gasteiger partial charge in [0, 0.05) is 23.8 Å². The standard InChI is InChI=1S/C41H57N3O5S/c1-39(2)25-30-28-19-20-32-29(36(28)44(47)37(30)40(3,4)27-39)21-23-41(5,49-32)22-15-11-9-7-6-8-10-12-16-24-48-34(45)18-14-13-17-33-35-31(26-50-33)42-38(46)43-35/h11,15,19-21,23,25,31,33,35H,6-10,12-14,16-18,22,24,26-27H2,1-5H3,(H2,42,43,46)/b15-11+/t31-,33-,35-,41?/m0/s1. The summed E-state index contributed by atoms with van der Waals surface area (Å²) in [5.41, 5.74) is 3.98. The summed E-state index contributed by atoms with van der Waals surface area (Å²) in [6, 6.07) is 4.56. The molecule has 9 heteroatoms. The number of allylic oxidation sites excluding steroid dienone is 3. The predicted molar refractivity (Wildman–Crippen MR) is 204 cm³/mol. The van der Waals surface area contributed by atoms with E-state index in [4.69, 9.17) is 9.47 Å². The fraction of sp³-hybridized carbons (Fsp3) is 0.634. The SMILES string of the molecule is CC1(C)C=C2C(=[N+]([O-])c3c2ccc2c3C=CC(C)(C/C=C/CCCCCCCCOC(=O)CCCC[C@@H]3SC[C@@H]4NC(=O)N[C@@H]43)O2)C(C)(C)C1. The molecule has 0 radical (unpaired) electrons. The molecule has 0 spiro atoms. The molecule has 8 nitrogen and oxygen atoms in total. The number of ether oxygens (including phenoxy) is 2. The summed E-state index contributed by atoms with van der Waals surface area (Å²) in [6.45, 7) is 11.5. The lowest BCUT2D eigenvalue weighted by Gasteiger charge is -2.36. The minimum Gasteiger partial charge on any atom is -0.618 e. The smallest absolute Gasteiger partial charge is 0.315 e. The van der Waals surface area contributed by atoms with Crippen LogP contribution in [0.4, 0.5) is 10.5 Å². The van der Waals surface area contributed by atoms with Crippen LogP contribution in [-0.4, -0.2) is 57.7 Å². The lowest BCUT2D eigenvalue weighted by atomic mass is 9.65. The molecular formula is C41H57N3O5S. The molecule has 1 aromatic rings. The van der Waals surface area contributed by atoms with Gasteiger partial charge in [-0.3, -0.25) is 4.79 Å². The first-order valence-electron chi connectivity index (χ1n) is 19.0. The van der Waals surface area contributed by atoms with Crippen LogP contribution in [0.2, 0.25) is 0 Å². The highest BCUT2D eigenvalue weighted by Gasteiger charge is 2.49. The lowest BCUT2D eigenvalue weighted by Crippen LogP contribution is -2.36. The zero-order valence-electron chi connectivity index (χ0n) is 30.8. The maximum atomic E-state index is 13.7. The Balaban J connectivity index is 0.822. The number of esters is 1. The zero-order chi connectivity index (χ0) is 35.5. The molecule has 50 heavy (non-hydrogen) atoms. The minimum absolute atomic E-state index is 0.0350. The van der Waals surface area contributed by atoms with Crippen LogP contribution in [0.5, 0.6) is 5.75 Å². The number of benzene rings is 1. The number of thioether (sulfide) groups is 1. The van der Waals surface area contributed by atoms with Gasteiger partial charge in [-0.2, -0.15) is 16.5 Å². The highest BCUT2D eigenvalue weighted by Crippen LogP contribution is 2.53. The molecule has 0 bridgehead atoms. The summed E-state index contributed by atoms with van der Waals surface area (Å²) >= 11 is 1.92. The number of unbranched alkanes of at least 4 members (excludes halogenated alkanes) is 7. The number of hydrogen-bond donors (Lipinski definition) is 2. The van der Waals surface area contributed by atoms with E-state index >= 15 is 0 Å². The van der Waals surface area contributed by atoms with Gasteiger partial charge in [-0.15, -0.1) is 0 Å². The Morgan fingerprint density at radius 3 is 2.64 bits per heavy atom. The molecule has 5 aliphatic rings. The van der Waals surface area contributed by atoms with Gasteiger partial charge < -0.3 is 25.3 Å². The van der Waals surface area contributed by atoms with Crippen molar-refractivity contribution in [1.29, 1.82) is 0 Å². The fourth-order valence-electron chi connectivity index (χ4n) is 8.75. The number of amides is 2. The van der Waals surface area contributed by atoms with Crippen molar-refractivity contribution in [2.24, 2.45) is 10.8 Å². The molecule has 4 atom stereocenters. The number of carbonyl (C=O) groups is 2. The second-order valence-electron chi connectivity index (χ2n) is 16.5. The van der Waals surface area contributed by atoms with Gasteiger partial charge in [0.1, 0.15) is 11.4 Å². The Hall–Kier alpha value is -3.20. The van der Waals surface area contributed by atoms with Crippen LogP contribution in [0.15, 0.2) is 36.4 Å². The molecule has 0 aromatic heterocycles. The first-order chi connectivity index (χ1) is 23.9. The first-order valence-corrected chi connectivity index (χ1v) is 20.0. The monoisotopic (exact) mass is 703 g/mol. The van der Waals surface area contributed by atoms with Gasteiger partial charge in [0.25, 0.3) is 0 Å². The van der Waals surface area contributed by atoms with Gasteiger partial charge in [0.05, 0.1) is 40.8 Å². The Kier molecular flexibility index (Phi) is 11.1. The molecule has 1 aliphatic carbocycles. The largest absolute Gasteiger partial charge is 0.618 e. The predicted octanol–water partition coefficient (Wildman–Crippen LogP) is 9.23. The van der Waals surface area contributed by atoms with Crippen LogP contribution in [0.3, 0.4) is 0 Å². The van der Waals surface area contributed by atoms with Crippen molar-refractivity contribution < 1.29 is 23.8 Å². The maximum absolute atomic E-state index is 13.7. The van der Waals surface area contributed by atoms with Crippen molar-refractivity contribution in [3.05, 3.63) is 52.8 Å². The highest BCUT2D eigenvalue weighted by molar-refractivity contribution is 8.00. The van der Waals surface area contributed by atoms with E-state index in [2.05, 4.69) is 81.7 Å². The van der Waals surface area contributed by atoms with E-state index < -0.39 is 5.60 Å². The molecule has 2 N–H and O–H groups in total. The van der Waals surface area contributed by atoms with Crippen molar-refractivity contribution in [2.75, 3.05) is 12.4 Å². The summed E-state index contributed by atoms with van der Waals surface area (Å²) in [7, 11) is 0. The van der Waals surface area contributed by atoms with Gasteiger partial charge in [-0.05, 0) is 89.0 Å². The number of hydrogen-bond acceptors (Lipinski definition) is 6. The normalized spacial score (nSPS) is 26.9. The van der Waals surface area contributed by atoms with E-state index in [1.165, 1.54) is 30.4 Å². The Labute approximate surface area is 303 Å². The third kappa shape index (κ3) is 8.29. The van der Waals surface area contributed by atoms with Crippen molar-refractivity contribution in [1.82, 2.24) is 10.6 Å². The molecular weight excluding hydrogens is 647 g/mol. The average Bonchev–Trinajstić information content (AvgIpc) is 3.69. The van der Waals surface area contributed by atoms with E-state index in [0.29, 0.717) is 18.3 Å². The van der Waals surface area contributed by atoms with Crippen molar-refractivity contribution in [3.63, 3.8) is 0 Å². The topological polar surface area (TPSA) is 103 Å². The van der Waals surface area contributed by atoms with E-state index in [1.807, 2.05) is 17.8 Å². The van der Waals surface area contributed by atoms with E-state index in [1.54, 1.807) is 0 Å². The molecule has 272 valence electrons. The number of nitrogens with one attached hydrogen (secondary N) is 2. The molecule has 0 saturated carbocycles. The van der Waals surface area contributed by atoms with Crippen LogP contribution in [0.25, 0.3) is 11.6 Å². The third-order valence-electron chi connectivity index (χ3n) is 10.9. The van der Waals surface area contributed by atoms with Gasteiger partial charge in [-0.1, -0.05) is 64.2 Å². The lowest BCUT2D eigenvalue weighted by molar-refractivity contribution is -0.361. The molecule has 2 amide bonds. The van der Waals surface area contributed by atoms with E-state index in [0.717, 1.165) is 91.0 Å². The van der Waals surface area contributed by atoms with E-state index in [-0.39, 0.29) is 34.9 Å². The van der Waals surface area contributed by atoms with Crippen LogP contribution >= 0.6 is 11.8 Å². The number of urea groups is 1. The van der Waals surface area contributed by atoms with Gasteiger partial charge in [0.15, 0.2) is 0 Å². The van der Waals surface area contributed by atoms with Crippen molar-refractivity contribution in [2.45, 2.75) is 141 Å². The van der Waals surface area contributed by atoms with Gasteiger partial charge in [0.2, 0.25) is 11.4 Å². The van der Waals surface area contributed by atoms with Crippen LogP contribution in [-0.2, 0) is 9.53 Å². The molecule has 4 aliphatic heterocycles. The maximum Gasteiger partial charge on any atom is 0.315 e. The summed E-state index contributed by atoms with van der Waals surface area (Å²) in [5, 5.41) is 20.2. The van der Waals surface area contributed by atoms with Crippen LogP contribution in [0.1, 0.15) is 129 Å². The molecule has 6 rings (SSSR count). The molecule has 4 heterocycles. The van der Waals surface area contributed by atoms with E-state index in [9.17, 15) is 14.8 Å². The highest BCUT2D eigenvalue weighted by atomic mass is 32.2. The van der Waals surface area contributed by atoms with Crippen LogP contribution in [0, 0.1) is 16.0 Å². The first kappa shape index (κ1) is 36.6. The number of nitrogens with zero attached hydrogens (tertiary/aromatic N) is 1. The average molecular weight is 704 g/mol. The van der Waals surface area contributed by atoms with Crippen molar-refractivity contribution in [3.8, 4) is 5.75 Å². The third-order valence-corrected chi connectivity index (χ3v) is 12.4. The molecule has 2 saturated heterocycles. The Morgan fingerprint density at radius 1 is 1.04 bits per heavy atom. The van der Waals surface area contributed by atoms with Crippen molar-refractivity contribution >= 4 is 46.8 Å². The molecule has 1 aromatic carbocycles. The summed E-state index contributed by atoms with van der Waals surface area (Å²) in [5.74, 6) is 1.67. The molecule has 1 unspecified atom stereocenters. The molecule has 2 fully saturated rings. The van der Waals surface area contributed by atoms with Gasteiger partial charge in [-0.25, -0.2) is 4.79 Å². The fourth-order valence-corrected chi connectivity index (χ4v) is 10.3. The van der Waals surface area contributed by atoms with Gasteiger partial charge >= 0.3 is 12.0 Å². The number of rotatable bonds is 16. The Morgan fingerprint density at radius 2 is 1.82 bits per heavy atom. The Bertz CT molecular complexity index is 1580. The summed E-state index contributed by atoms with van der Waals surface area (Å²) < 4.78 is 13.2. The number of carbonyl (C=O) groups excluding carboxylic acids is 2. The second-order valence-corrected chi connectivity index (χ2v) is 17.8. The summed E-state index contributed by atoms with van der Waals surface area (Å²) in [4.78, 5) is 23.6. The van der Waals surface area contributed by atoms with Crippen LogP contribution < -0.4 is 15.4 Å². The number of fused-ring (bicyclic) bond motifs is 6. The quantitative estimate of drug-likeness (QED) is 0.0445. The summed E-state index contributed by atoms with van der Waals surface area (Å²) in [6.07, 6.45) is 23.9.